The van der Waals surface area contributed by atoms with E-state index in [2.05, 4.69) is 57.4 Å². The van der Waals surface area contributed by atoms with Gasteiger partial charge in [-0.15, -0.1) is 11.3 Å². The summed E-state index contributed by atoms with van der Waals surface area (Å²) >= 11 is 7.73. The van der Waals surface area contributed by atoms with Gasteiger partial charge in [-0.2, -0.15) is 0 Å². The fourth-order valence-electron chi connectivity index (χ4n) is 3.52. The molecule has 0 atom stereocenters. The van der Waals surface area contributed by atoms with Gasteiger partial charge in [0.15, 0.2) is 5.13 Å². The molecule has 0 aliphatic carbocycles. The van der Waals surface area contributed by atoms with Crippen LogP contribution in [0, 0.1) is 6.92 Å². The molecule has 156 valence electrons. The fraction of sp³-hybridized carbons (Fsp3) is 0.304. The van der Waals surface area contributed by atoms with E-state index in [0.717, 1.165) is 54.6 Å². The highest BCUT2D eigenvalue weighted by atomic mass is 35.5. The van der Waals surface area contributed by atoms with Crippen molar-refractivity contribution in [3.8, 4) is 11.3 Å². The summed E-state index contributed by atoms with van der Waals surface area (Å²) in [6, 6.07) is 16.2. The summed E-state index contributed by atoms with van der Waals surface area (Å²) in [5.74, 6) is -0.0145. The molecule has 3 aromatic rings. The van der Waals surface area contributed by atoms with Gasteiger partial charge in [0.25, 0.3) is 0 Å². The zero-order valence-electron chi connectivity index (χ0n) is 17.0. The van der Waals surface area contributed by atoms with Crippen molar-refractivity contribution in [1.82, 2.24) is 14.8 Å². The molecule has 1 aliphatic heterocycles. The number of nitrogens with one attached hydrogen (secondary N) is 1. The van der Waals surface area contributed by atoms with E-state index in [1.165, 1.54) is 16.9 Å². The number of piperazine rings is 1. The average Bonchev–Trinajstić information content (AvgIpc) is 3.20. The van der Waals surface area contributed by atoms with E-state index in [4.69, 9.17) is 11.6 Å². The molecule has 5 nitrogen and oxygen atoms in total. The quantitative estimate of drug-likeness (QED) is 0.611. The van der Waals surface area contributed by atoms with Crippen LogP contribution in [0.2, 0.25) is 5.02 Å². The summed E-state index contributed by atoms with van der Waals surface area (Å²) in [4.78, 5) is 21.6. The molecule has 30 heavy (non-hydrogen) atoms. The van der Waals surface area contributed by atoms with Crippen molar-refractivity contribution in [2.24, 2.45) is 0 Å². The van der Waals surface area contributed by atoms with Crippen LogP contribution in [0.1, 0.15) is 11.1 Å². The molecule has 1 aromatic heterocycles. The second-order valence-electron chi connectivity index (χ2n) is 7.60. The Morgan fingerprint density at radius 1 is 1.07 bits per heavy atom. The van der Waals surface area contributed by atoms with Gasteiger partial charge in [-0.25, -0.2) is 4.98 Å². The molecule has 2 aromatic carbocycles. The zero-order chi connectivity index (χ0) is 20.9. The van der Waals surface area contributed by atoms with E-state index in [0.29, 0.717) is 11.7 Å². The number of hydrogen-bond donors (Lipinski definition) is 1. The van der Waals surface area contributed by atoms with Gasteiger partial charge < -0.3 is 5.32 Å². The van der Waals surface area contributed by atoms with E-state index in [1.807, 2.05) is 23.6 Å². The van der Waals surface area contributed by atoms with Crippen molar-refractivity contribution in [2.75, 3.05) is 38.0 Å². The van der Waals surface area contributed by atoms with E-state index < -0.39 is 0 Å². The van der Waals surface area contributed by atoms with E-state index >= 15 is 0 Å². The highest BCUT2D eigenvalue weighted by Crippen LogP contribution is 2.25. The van der Waals surface area contributed by atoms with Crippen LogP contribution in [0.25, 0.3) is 11.3 Å². The summed E-state index contributed by atoms with van der Waals surface area (Å²) in [7, 11) is 0. The van der Waals surface area contributed by atoms with Crippen LogP contribution >= 0.6 is 22.9 Å². The molecule has 1 fully saturated rings. The number of thiazole rings is 1. The van der Waals surface area contributed by atoms with Crippen LogP contribution in [-0.2, 0) is 11.3 Å². The molecule has 7 heteroatoms. The molecular weight excluding hydrogens is 416 g/mol. The predicted octanol–water partition coefficient (Wildman–Crippen LogP) is 4.53. The summed E-state index contributed by atoms with van der Waals surface area (Å²) in [5, 5.41) is 6.38. The van der Waals surface area contributed by atoms with Crippen LogP contribution in [-0.4, -0.2) is 53.4 Å². The van der Waals surface area contributed by atoms with Gasteiger partial charge in [-0.3, -0.25) is 14.6 Å². The molecule has 0 spiro atoms. The van der Waals surface area contributed by atoms with Gasteiger partial charge in [0.2, 0.25) is 5.91 Å². The number of aromatic nitrogens is 1. The van der Waals surface area contributed by atoms with Crippen LogP contribution in [0.3, 0.4) is 0 Å². The van der Waals surface area contributed by atoms with Crippen molar-refractivity contribution in [2.45, 2.75) is 13.5 Å². The molecule has 1 N–H and O–H groups in total. The number of rotatable bonds is 6. The largest absolute Gasteiger partial charge is 0.301 e. The Hall–Kier alpha value is -2.25. The van der Waals surface area contributed by atoms with E-state index in [9.17, 15) is 4.79 Å². The Labute approximate surface area is 186 Å². The predicted molar refractivity (Wildman–Crippen MR) is 124 cm³/mol. The number of nitrogens with zero attached hydrogens (tertiary/aromatic N) is 3. The maximum Gasteiger partial charge on any atom is 0.240 e. The normalized spacial score (nSPS) is 15.3. The average molecular weight is 441 g/mol. The number of amides is 1. The number of aryl methyl sites for hydroxylation is 1. The third kappa shape index (κ3) is 5.46. The van der Waals surface area contributed by atoms with Crippen LogP contribution < -0.4 is 5.32 Å². The Balaban J connectivity index is 1.24. The van der Waals surface area contributed by atoms with Crippen molar-refractivity contribution in [3.05, 3.63) is 70.1 Å². The highest BCUT2D eigenvalue weighted by Gasteiger charge is 2.20. The number of halogens is 1. The number of carbonyl (C=O) groups is 1. The zero-order valence-corrected chi connectivity index (χ0v) is 18.5. The molecule has 4 rings (SSSR count). The summed E-state index contributed by atoms with van der Waals surface area (Å²) in [6.07, 6.45) is 0. The standard InChI is InChI=1S/C23H25ClN4OS/c1-17-6-8-18(9-7-17)21-16-30-23(25-21)26-22(29)15-28-12-10-27(11-13-28)14-19-4-2-3-5-20(19)24/h2-9,16H,10-15H2,1H3,(H,25,26,29). The molecule has 0 unspecified atom stereocenters. The summed E-state index contributed by atoms with van der Waals surface area (Å²) < 4.78 is 0. The Morgan fingerprint density at radius 2 is 1.77 bits per heavy atom. The second-order valence-corrected chi connectivity index (χ2v) is 8.86. The first-order valence-electron chi connectivity index (χ1n) is 10.1. The smallest absolute Gasteiger partial charge is 0.240 e. The summed E-state index contributed by atoms with van der Waals surface area (Å²) in [5.41, 5.74) is 4.32. The fourth-order valence-corrected chi connectivity index (χ4v) is 4.45. The Kier molecular flexibility index (Phi) is 6.79. The minimum Gasteiger partial charge on any atom is -0.301 e. The molecule has 1 amide bonds. The number of carbonyl (C=O) groups excluding carboxylic acids is 1. The van der Waals surface area contributed by atoms with Gasteiger partial charge >= 0.3 is 0 Å². The van der Waals surface area contributed by atoms with E-state index in [1.54, 1.807) is 0 Å². The first-order valence-corrected chi connectivity index (χ1v) is 11.3. The number of anilines is 1. The maximum absolute atomic E-state index is 12.5. The second kappa shape index (κ2) is 9.71. The number of benzene rings is 2. The topological polar surface area (TPSA) is 48.5 Å². The molecular formula is C23H25ClN4OS. The van der Waals surface area contributed by atoms with Crippen LogP contribution in [0.15, 0.2) is 53.9 Å². The molecule has 0 bridgehead atoms. The third-order valence-electron chi connectivity index (χ3n) is 5.28. The first-order chi connectivity index (χ1) is 14.6. The lowest BCUT2D eigenvalue weighted by molar-refractivity contribution is -0.117. The minimum absolute atomic E-state index is 0.0145. The molecule has 0 saturated carbocycles. The van der Waals surface area contributed by atoms with Crippen molar-refractivity contribution >= 4 is 34.0 Å². The SMILES string of the molecule is Cc1ccc(-c2csc(NC(=O)CN3CCN(Cc4ccccc4Cl)CC3)n2)cc1. The monoisotopic (exact) mass is 440 g/mol. The molecule has 1 saturated heterocycles. The van der Waals surface area contributed by atoms with Gasteiger partial charge in [0, 0.05) is 48.7 Å². The Bertz CT molecular complexity index is 996. The lowest BCUT2D eigenvalue weighted by Gasteiger charge is -2.34. The first kappa shape index (κ1) is 21.0. The van der Waals surface area contributed by atoms with Gasteiger partial charge in [0.1, 0.15) is 0 Å². The van der Waals surface area contributed by atoms with Crippen molar-refractivity contribution in [1.29, 1.82) is 0 Å². The lowest BCUT2D eigenvalue weighted by atomic mass is 10.1. The molecule has 1 aliphatic rings. The van der Waals surface area contributed by atoms with Gasteiger partial charge in [0.05, 0.1) is 12.2 Å². The molecule has 2 heterocycles. The highest BCUT2D eigenvalue weighted by molar-refractivity contribution is 7.14. The van der Waals surface area contributed by atoms with E-state index in [-0.39, 0.29) is 5.91 Å². The van der Waals surface area contributed by atoms with Crippen LogP contribution in [0.4, 0.5) is 5.13 Å². The van der Waals surface area contributed by atoms with Gasteiger partial charge in [-0.1, -0.05) is 59.6 Å². The number of hydrogen-bond acceptors (Lipinski definition) is 5. The summed E-state index contributed by atoms with van der Waals surface area (Å²) in [6.45, 7) is 6.88. The maximum atomic E-state index is 12.5. The van der Waals surface area contributed by atoms with Crippen LogP contribution in [0.5, 0.6) is 0 Å². The lowest BCUT2D eigenvalue weighted by Crippen LogP contribution is -2.48. The molecule has 0 radical (unpaired) electrons. The van der Waals surface area contributed by atoms with Crippen molar-refractivity contribution in [3.63, 3.8) is 0 Å². The third-order valence-corrected chi connectivity index (χ3v) is 6.41. The minimum atomic E-state index is -0.0145. The van der Waals surface area contributed by atoms with Crippen molar-refractivity contribution < 1.29 is 4.79 Å². The van der Waals surface area contributed by atoms with Gasteiger partial charge in [-0.05, 0) is 18.6 Å². The Morgan fingerprint density at radius 3 is 2.50 bits per heavy atom.